The van der Waals surface area contributed by atoms with E-state index in [-0.39, 0.29) is 12.8 Å². The maximum Gasteiger partial charge on any atom is 0.303 e. The lowest BCUT2D eigenvalue weighted by Gasteiger charge is -2.11. The third-order valence-electron chi connectivity index (χ3n) is 1.30. The summed E-state index contributed by atoms with van der Waals surface area (Å²) in [6, 6.07) is 1.68. The Morgan fingerprint density at radius 3 is 2.64 bits per heavy atom. The predicted molar refractivity (Wildman–Crippen MR) is 37.7 cm³/mol. The van der Waals surface area contributed by atoms with Crippen LogP contribution in [0.3, 0.4) is 0 Å². The summed E-state index contributed by atoms with van der Waals surface area (Å²) >= 11 is 0. The van der Waals surface area contributed by atoms with Gasteiger partial charge in [-0.2, -0.15) is 5.26 Å². The minimum Gasteiger partial charge on any atom is -0.481 e. The highest BCUT2D eigenvalue weighted by molar-refractivity contribution is 5.66. The van der Waals surface area contributed by atoms with Crippen molar-refractivity contribution in [1.29, 1.82) is 5.26 Å². The first-order valence-electron chi connectivity index (χ1n) is 3.33. The molecular formula is C7H11NO3. The molecule has 0 rings (SSSR count). The Balaban J connectivity index is 3.56. The largest absolute Gasteiger partial charge is 0.481 e. The molecule has 0 spiro atoms. The van der Waals surface area contributed by atoms with Gasteiger partial charge < -0.3 is 10.2 Å². The summed E-state index contributed by atoms with van der Waals surface area (Å²) in [5.41, 5.74) is -1.38. The summed E-state index contributed by atoms with van der Waals surface area (Å²) in [7, 11) is 0. The van der Waals surface area contributed by atoms with E-state index in [1.807, 2.05) is 0 Å². The van der Waals surface area contributed by atoms with Crippen LogP contribution in [-0.2, 0) is 4.79 Å². The number of carboxylic acids is 1. The fourth-order valence-electron chi connectivity index (χ4n) is 0.640. The molecule has 4 nitrogen and oxygen atoms in total. The van der Waals surface area contributed by atoms with Crippen molar-refractivity contribution in [2.75, 3.05) is 0 Å². The fraction of sp³-hybridized carbons (Fsp3) is 0.714. The van der Waals surface area contributed by atoms with Crippen LogP contribution in [0.5, 0.6) is 0 Å². The molecular weight excluding hydrogens is 146 g/mol. The molecule has 0 aliphatic carbocycles. The van der Waals surface area contributed by atoms with E-state index in [2.05, 4.69) is 0 Å². The summed E-state index contributed by atoms with van der Waals surface area (Å²) in [5, 5.41) is 25.6. The van der Waals surface area contributed by atoms with E-state index >= 15 is 0 Å². The van der Waals surface area contributed by atoms with Crippen molar-refractivity contribution in [3.63, 3.8) is 0 Å². The Morgan fingerprint density at radius 1 is 1.73 bits per heavy atom. The van der Waals surface area contributed by atoms with Gasteiger partial charge in [0.1, 0.15) is 5.60 Å². The second-order valence-corrected chi connectivity index (χ2v) is 2.63. The van der Waals surface area contributed by atoms with Crippen LogP contribution >= 0.6 is 0 Å². The first-order chi connectivity index (χ1) is 4.98. The van der Waals surface area contributed by atoms with E-state index in [9.17, 15) is 4.79 Å². The smallest absolute Gasteiger partial charge is 0.303 e. The number of hydrogen-bond donors (Lipinski definition) is 2. The zero-order chi connectivity index (χ0) is 8.91. The van der Waals surface area contributed by atoms with Gasteiger partial charge in [-0.3, -0.25) is 4.79 Å². The molecule has 0 aromatic carbocycles. The van der Waals surface area contributed by atoms with E-state index in [1.165, 1.54) is 6.92 Å². The van der Waals surface area contributed by atoms with Crippen LogP contribution in [0.25, 0.3) is 0 Å². The summed E-state index contributed by atoms with van der Waals surface area (Å²) in [6.45, 7) is 1.37. The fourth-order valence-corrected chi connectivity index (χ4v) is 0.640. The van der Waals surface area contributed by atoms with E-state index in [0.29, 0.717) is 6.42 Å². The standard InChI is InChI=1S/C7H11NO3/c1-7(11,5-8)4-2-3-6(9)10/h11H,2-4H2,1H3,(H,9,10). The van der Waals surface area contributed by atoms with Crippen LogP contribution in [0.2, 0.25) is 0 Å². The number of carbonyl (C=O) groups is 1. The molecule has 1 unspecified atom stereocenters. The van der Waals surface area contributed by atoms with Gasteiger partial charge in [0, 0.05) is 6.42 Å². The molecule has 0 amide bonds. The molecule has 11 heavy (non-hydrogen) atoms. The first-order valence-corrected chi connectivity index (χ1v) is 3.33. The second kappa shape index (κ2) is 3.94. The molecule has 0 aromatic heterocycles. The van der Waals surface area contributed by atoms with E-state index < -0.39 is 11.6 Å². The molecule has 0 aliphatic heterocycles. The predicted octanol–water partition coefficient (Wildman–Crippen LogP) is 0.516. The van der Waals surface area contributed by atoms with Crippen molar-refractivity contribution >= 4 is 5.97 Å². The van der Waals surface area contributed by atoms with Gasteiger partial charge in [0.25, 0.3) is 0 Å². The highest BCUT2D eigenvalue weighted by Crippen LogP contribution is 2.11. The molecule has 0 fully saturated rings. The van der Waals surface area contributed by atoms with Gasteiger partial charge in [-0.15, -0.1) is 0 Å². The molecule has 0 aromatic rings. The lowest BCUT2D eigenvalue weighted by Crippen LogP contribution is -2.21. The van der Waals surface area contributed by atoms with Gasteiger partial charge in [-0.1, -0.05) is 0 Å². The van der Waals surface area contributed by atoms with Gasteiger partial charge in [-0.25, -0.2) is 0 Å². The number of carboxylic acid groups (broad SMARTS) is 1. The quantitative estimate of drug-likeness (QED) is 0.583. The van der Waals surface area contributed by atoms with Crippen molar-refractivity contribution < 1.29 is 15.0 Å². The van der Waals surface area contributed by atoms with Gasteiger partial charge in [-0.05, 0) is 19.8 Å². The average molecular weight is 157 g/mol. The van der Waals surface area contributed by atoms with E-state index in [0.717, 1.165) is 0 Å². The number of nitriles is 1. The van der Waals surface area contributed by atoms with Gasteiger partial charge in [0.2, 0.25) is 0 Å². The number of aliphatic hydroxyl groups is 1. The van der Waals surface area contributed by atoms with E-state index in [4.69, 9.17) is 15.5 Å². The molecule has 4 heteroatoms. The molecule has 0 saturated heterocycles. The molecule has 0 radical (unpaired) electrons. The molecule has 1 atom stereocenters. The normalized spacial score (nSPS) is 15.0. The lowest BCUT2D eigenvalue weighted by molar-refractivity contribution is -0.137. The zero-order valence-electron chi connectivity index (χ0n) is 6.37. The Hall–Kier alpha value is -1.08. The van der Waals surface area contributed by atoms with E-state index in [1.54, 1.807) is 6.07 Å². The van der Waals surface area contributed by atoms with Crippen molar-refractivity contribution in [2.24, 2.45) is 0 Å². The number of rotatable bonds is 4. The second-order valence-electron chi connectivity index (χ2n) is 2.63. The third kappa shape index (κ3) is 5.37. The monoisotopic (exact) mass is 157 g/mol. The highest BCUT2D eigenvalue weighted by atomic mass is 16.4. The number of nitrogens with zero attached hydrogens (tertiary/aromatic N) is 1. The summed E-state index contributed by atoms with van der Waals surface area (Å²) < 4.78 is 0. The molecule has 0 bridgehead atoms. The summed E-state index contributed by atoms with van der Waals surface area (Å²) in [4.78, 5) is 10.0. The molecule has 2 N–H and O–H groups in total. The lowest BCUT2D eigenvalue weighted by atomic mass is 10.0. The topological polar surface area (TPSA) is 81.3 Å². The summed E-state index contributed by atoms with van der Waals surface area (Å²) in [6.07, 6.45) is 0.531. The van der Waals surface area contributed by atoms with Crippen LogP contribution in [-0.4, -0.2) is 21.8 Å². The Labute approximate surface area is 65.1 Å². The van der Waals surface area contributed by atoms with Crippen molar-refractivity contribution in [2.45, 2.75) is 31.8 Å². The van der Waals surface area contributed by atoms with Crippen LogP contribution in [0.1, 0.15) is 26.2 Å². The van der Waals surface area contributed by atoms with Crippen LogP contribution in [0, 0.1) is 11.3 Å². The van der Waals surface area contributed by atoms with Crippen LogP contribution < -0.4 is 0 Å². The van der Waals surface area contributed by atoms with Crippen molar-refractivity contribution in [1.82, 2.24) is 0 Å². The number of aliphatic carboxylic acids is 1. The Morgan fingerprint density at radius 2 is 2.27 bits per heavy atom. The van der Waals surface area contributed by atoms with Crippen LogP contribution in [0.4, 0.5) is 0 Å². The molecule has 62 valence electrons. The number of hydrogen-bond acceptors (Lipinski definition) is 3. The highest BCUT2D eigenvalue weighted by Gasteiger charge is 2.18. The minimum absolute atomic E-state index is 0.00215. The van der Waals surface area contributed by atoms with Crippen LogP contribution in [0.15, 0.2) is 0 Å². The third-order valence-corrected chi connectivity index (χ3v) is 1.30. The van der Waals surface area contributed by atoms with Gasteiger partial charge in [0.05, 0.1) is 6.07 Å². The Kier molecular flexibility index (Phi) is 3.55. The average Bonchev–Trinajstić information content (AvgIpc) is 1.87. The molecule has 0 heterocycles. The van der Waals surface area contributed by atoms with Gasteiger partial charge in [0.15, 0.2) is 0 Å². The Bertz CT molecular complexity index is 181. The van der Waals surface area contributed by atoms with Gasteiger partial charge >= 0.3 is 5.97 Å². The van der Waals surface area contributed by atoms with Crippen molar-refractivity contribution in [3.05, 3.63) is 0 Å². The van der Waals surface area contributed by atoms with Crippen molar-refractivity contribution in [3.8, 4) is 6.07 Å². The maximum absolute atomic E-state index is 10.0. The maximum atomic E-state index is 10.0. The molecule has 0 aliphatic rings. The minimum atomic E-state index is -1.38. The molecule has 0 saturated carbocycles. The summed E-state index contributed by atoms with van der Waals surface area (Å²) in [5.74, 6) is -0.904. The first kappa shape index (κ1) is 9.92. The SMILES string of the molecule is CC(O)(C#N)CCCC(=O)O. The zero-order valence-corrected chi connectivity index (χ0v) is 6.37.